The molecule has 0 N–H and O–H groups in total. The Hall–Kier alpha value is 3.01. The van der Waals surface area contributed by atoms with Crippen LogP contribution in [0.5, 0.6) is 0 Å². The fourth-order valence-electron chi connectivity index (χ4n) is 0. The Morgan fingerprint density at radius 2 is 1.33 bits per heavy atom. The molecule has 6 heavy (non-hydrogen) atoms. The summed E-state index contributed by atoms with van der Waals surface area (Å²) in [6.07, 6.45) is 0. The van der Waals surface area contributed by atoms with Crippen LogP contribution in [0.3, 0.4) is 0 Å². The Bertz CT molecular complexity index is 33.8. The summed E-state index contributed by atoms with van der Waals surface area (Å²) in [6, 6.07) is 0. The normalized spacial score (nSPS) is 5.83. The Morgan fingerprint density at radius 1 is 1.33 bits per heavy atom. The molecule has 3 nitrogen and oxygen atoms in total. The molecule has 0 aliphatic carbocycles. The molecule has 0 rings (SSSR count). The summed E-state index contributed by atoms with van der Waals surface area (Å²) in [5, 5.41) is 0. The fraction of sp³-hybridized carbons (Fsp3) is 0. The molecule has 0 atom stereocenters. The van der Waals surface area contributed by atoms with Crippen molar-refractivity contribution in [3.05, 3.63) is 0 Å². The molecule has 0 spiro atoms. The van der Waals surface area contributed by atoms with Crippen LogP contribution in [-0.2, 0) is 18.3 Å². The Balaban J connectivity index is -0.0000000450. The first-order chi connectivity index (χ1) is 1.73. The molecule has 0 unspecified atom stereocenters. The van der Waals surface area contributed by atoms with Gasteiger partial charge in [-0.25, -0.2) is 0 Å². The van der Waals surface area contributed by atoms with Crippen LogP contribution in [0.15, 0.2) is 0 Å². The van der Waals surface area contributed by atoms with E-state index < -0.39 is 14.5 Å². The van der Waals surface area contributed by atoms with Crippen LogP contribution < -0.4 is 8.38 Å². The minimum atomic E-state index is -3.65. The molecular formula is BaLaMnO3+3. The minimum absolute atomic E-state index is 0. The van der Waals surface area contributed by atoms with Gasteiger partial charge in [0.05, 0.1) is 0 Å². The molecule has 27 valence electrons. The van der Waals surface area contributed by atoms with Gasteiger partial charge in [0.15, 0.2) is 0 Å². The van der Waals surface area contributed by atoms with Crippen molar-refractivity contribution < 1.29 is 62.3 Å². The zero-order valence-corrected chi connectivity index (χ0v) is 12.1. The Labute approximate surface area is 108 Å². The topological polar surface area (TPSA) is 63.2 Å². The first-order valence-corrected chi connectivity index (χ1v) is 1.91. The molecule has 0 radical (unpaired) electrons. The summed E-state index contributed by atoms with van der Waals surface area (Å²) >= 11 is -3.65. The van der Waals surface area contributed by atoms with Gasteiger partial charge >= 0.3 is 111 Å². The van der Waals surface area contributed by atoms with Crippen LogP contribution in [0, 0.1) is 35.6 Å². The fourth-order valence-corrected chi connectivity index (χ4v) is 0. The molecule has 6 heteroatoms. The van der Waals surface area contributed by atoms with Crippen molar-refractivity contribution in [2.24, 2.45) is 0 Å². The van der Waals surface area contributed by atoms with Crippen molar-refractivity contribution >= 4 is 48.9 Å². The second kappa shape index (κ2) is 10.9. The average Bonchev–Trinajstić information content (AvgIpc) is 0.811. The molecule has 0 bridgehead atoms. The third kappa shape index (κ3) is 28.0. The number of hydrogen-bond donors (Lipinski definition) is 0. The molecule has 0 aliphatic rings. The first-order valence-electron chi connectivity index (χ1n) is 0.463. The second-order valence-electron chi connectivity index (χ2n) is 0.189. The van der Waals surface area contributed by atoms with Crippen molar-refractivity contribution in [2.75, 3.05) is 0 Å². The summed E-state index contributed by atoms with van der Waals surface area (Å²) < 4.78 is 25.6. The maximum absolute atomic E-state index is 8.52. The van der Waals surface area contributed by atoms with Crippen molar-refractivity contribution in [3.63, 3.8) is 0 Å². The standard InChI is InChI=1S/Ba.La.Mn.3O/q+2;+3;;;2*-1. The van der Waals surface area contributed by atoms with Crippen molar-refractivity contribution in [3.8, 4) is 0 Å². The van der Waals surface area contributed by atoms with Crippen molar-refractivity contribution in [1.29, 1.82) is 0 Å². The van der Waals surface area contributed by atoms with Crippen molar-refractivity contribution in [1.82, 2.24) is 0 Å². The molecule has 0 heterocycles. The molecule has 0 aliphatic heterocycles. The van der Waals surface area contributed by atoms with Gasteiger partial charge in [-0.1, -0.05) is 0 Å². The van der Waals surface area contributed by atoms with E-state index in [9.17, 15) is 0 Å². The molecule has 0 saturated heterocycles. The molecule has 0 aromatic rings. The van der Waals surface area contributed by atoms with Gasteiger partial charge in [0.25, 0.3) is 0 Å². The molecule has 0 aromatic carbocycles. The van der Waals surface area contributed by atoms with Gasteiger partial charge in [0, 0.05) is 0 Å². The molecular weight excluding hydrogens is 379 g/mol. The van der Waals surface area contributed by atoms with E-state index in [-0.39, 0.29) is 84.5 Å². The van der Waals surface area contributed by atoms with Crippen molar-refractivity contribution in [2.45, 2.75) is 0 Å². The predicted octanol–water partition coefficient (Wildman–Crippen LogP) is -2.88. The zero-order chi connectivity index (χ0) is 3.58. The van der Waals surface area contributed by atoms with Gasteiger partial charge in [0.1, 0.15) is 0 Å². The van der Waals surface area contributed by atoms with E-state index in [0.29, 0.717) is 0 Å². The third-order valence-corrected chi connectivity index (χ3v) is 0. The quantitative estimate of drug-likeness (QED) is 0.425. The van der Waals surface area contributed by atoms with E-state index >= 15 is 0 Å². The molecule has 0 fully saturated rings. The van der Waals surface area contributed by atoms with Crippen LogP contribution in [-0.4, -0.2) is 48.9 Å². The second-order valence-corrected chi connectivity index (χ2v) is 0.779. The van der Waals surface area contributed by atoms with Gasteiger partial charge in [-0.2, -0.15) is 0 Å². The van der Waals surface area contributed by atoms with Gasteiger partial charge in [-0.15, -0.1) is 0 Å². The van der Waals surface area contributed by atoms with Gasteiger partial charge < -0.3 is 0 Å². The van der Waals surface area contributed by atoms with Crippen LogP contribution in [0.4, 0.5) is 0 Å². The van der Waals surface area contributed by atoms with E-state index in [2.05, 4.69) is 0 Å². The Kier molecular flexibility index (Phi) is 29.1. The van der Waals surface area contributed by atoms with E-state index in [1.807, 2.05) is 0 Å². The summed E-state index contributed by atoms with van der Waals surface area (Å²) in [4.78, 5) is 0. The van der Waals surface area contributed by atoms with Crippen LogP contribution in [0.2, 0.25) is 0 Å². The monoisotopic (exact) mass is 380 g/mol. The SMILES string of the molecule is [Ba+2].[La+3].[O]=[Mn]([O-])[O-]. The van der Waals surface area contributed by atoms with E-state index in [4.69, 9.17) is 12.2 Å². The van der Waals surface area contributed by atoms with E-state index in [0.717, 1.165) is 0 Å². The number of hydrogen-bond acceptors (Lipinski definition) is 3. The summed E-state index contributed by atoms with van der Waals surface area (Å²) in [6.45, 7) is 0. The Morgan fingerprint density at radius 3 is 1.33 bits per heavy atom. The summed E-state index contributed by atoms with van der Waals surface area (Å²) in [5.74, 6) is 0. The third-order valence-electron chi connectivity index (χ3n) is 0. The summed E-state index contributed by atoms with van der Waals surface area (Å²) in [5.41, 5.74) is 0. The maximum atomic E-state index is 8.52. The van der Waals surface area contributed by atoms with Crippen LogP contribution >= 0.6 is 0 Å². The first kappa shape index (κ1) is 16.0. The molecule has 0 saturated carbocycles. The molecule has 0 amide bonds. The van der Waals surface area contributed by atoms with Gasteiger partial charge in [-0.3, -0.25) is 0 Å². The van der Waals surface area contributed by atoms with Crippen LogP contribution in [0.25, 0.3) is 0 Å². The summed E-state index contributed by atoms with van der Waals surface area (Å²) in [7, 11) is 0. The predicted molar refractivity (Wildman–Crippen MR) is 6.44 cm³/mol. The van der Waals surface area contributed by atoms with Gasteiger partial charge in [-0.05, 0) is 0 Å². The average molecular weight is 379 g/mol. The zero-order valence-electron chi connectivity index (χ0n) is 2.89. The van der Waals surface area contributed by atoms with E-state index in [1.54, 1.807) is 0 Å². The molecule has 0 aromatic heterocycles. The number of rotatable bonds is 0. The van der Waals surface area contributed by atoms with Gasteiger partial charge in [0.2, 0.25) is 0 Å². The van der Waals surface area contributed by atoms with E-state index in [1.165, 1.54) is 0 Å². The van der Waals surface area contributed by atoms with Crippen LogP contribution in [0.1, 0.15) is 0 Å².